The maximum absolute atomic E-state index is 13.4. The summed E-state index contributed by atoms with van der Waals surface area (Å²) < 4.78 is 7.45. The minimum absolute atomic E-state index is 0.00163. The van der Waals surface area contributed by atoms with Gasteiger partial charge in [0, 0.05) is 31.0 Å². The molecule has 1 aromatic carbocycles. The number of hydrogen-bond donors (Lipinski definition) is 0. The van der Waals surface area contributed by atoms with Gasteiger partial charge in [0.1, 0.15) is 12.3 Å². The van der Waals surface area contributed by atoms with E-state index in [2.05, 4.69) is 27.4 Å². The standard InChI is InChI=1S/C27H33N3O3/c1-6-15-29(26(32)21-11-13-22(14-12-21)27(2,3)4)20-25(31)30(19-24-10-8-17-33-24)18-23-9-7-16-28(23)5/h6-14,16-17H,1,15,18-20H2,2-5H3. The van der Waals surface area contributed by atoms with Crippen LogP contribution in [0.2, 0.25) is 0 Å². The zero-order valence-electron chi connectivity index (χ0n) is 20.0. The molecule has 6 heteroatoms. The topological polar surface area (TPSA) is 58.7 Å². The average molecular weight is 448 g/mol. The SMILES string of the molecule is C=CCN(CC(=O)N(Cc1ccco1)Cc1cccn1C)C(=O)c1ccc(C(C)(C)C)cc1. The molecule has 0 aliphatic heterocycles. The van der Waals surface area contributed by atoms with Crippen LogP contribution in [-0.4, -0.2) is 39.3 Å². The Balaban J connectivity index is 1.78. The second-order valence-corrected chi connectivity index (χ2v) is 9.24. The molecule has 2 heterocycles. The molecule has 3 rings (SSSR count). The van der Waals surface area contributed by atoms with Gasteiger partial charge in [0.25, 0.3) is 5.91 Å². The highest BCUT2D eigenvalue weighted by Crippen LogP contribution is 2.22. The number of carbonyl (C=O) groups is 2. The zero-order chi connectivity index (χ0) is 24.0. The van der Waals surface area contributed by atoms with E-state index in [-0.39, 0.29) is 30.3 Å². The van der Waals surface area contributed by atoms with Gasteiger partial charge in [-0.3, -0.25) is 9.59 Å². The Morgan fingerprint density at radius 1 is 1.03 bits per heavy atom. The van der Waals surface area contributed by atoms with Crippen molar-refractivity contribution in [3.05, 3.63) is 96.2 Å². The number of benzene rings is 1. The van der Waals surface area contributed by atoms with Gasteiger partial charge in [0.15, 0.2) is 0 Å². The first-order chi connectivity index (χ1) is 15.7. The molecule has 33 heavy (non-hydrogen) atoms. The van der Waals surface area contributed by atoms with Gasteiger partial charge < -0.3 is 18.8 Å². The van der Waals surface area contributed by atoms with Crippen molar-refractivity contribution < 1.29 is 14.0 Å². The van der Waals surface area contributed by atoms with Gasteiger partial charge in [0.05, 0.1) is 19.4 Å². The molecule has 0 atom stereocenters. The zero-order valence-corrected chi connectivity index (χ0v) is 20.0. The summed E-state index contributed by atoms with van der Waals surface area (Å²) in [6.45, 7) is 11.1. The molecule has 0 aliphatic rings. The van der Waals surface area contributed by atoms with Crippen LogP contribution in [0.4, 0.5) is 0 Å². The molecule has 0 N–H and O–H groups in total. The Kier molecular flexibility index (Phi) is 7.59. The number of carbonyl (C=O) groups excluding carboxylic acids is 2. The molecule has 3 aromatic rings. The smallest absolute Gasteiger partial charge is 0.254 e. The van der Waals surface area contributed by atoms with Gasteiger partial charge in [-0.15, -0.1) is 6.58 Å². The van der Waals surface area contributed by atoms with Crippen LogP contribution in [0.1, 0.15) is 48.1 Å². The van der Waals surface area contributed by atoms with Gasteiger partial charge >= 0.3 is 0 Å². The van der Waals surface area contributed by atoms with Gasteiger partial charge in [-0.1, -0.05) is 39.0 Å². The molecular weight excluding hydrogens is 414 g/mol. The fourth-order valence-corrected chi connectivity index (χ4v) is 3.61. The number of rotatable bonds is 9. The Morgan fingerprint density at radius 2 is 1.76 bits per heavy atom. The van der Waals surface area contributed by atoms with Crippen LogP contribution in [0, 0.1) is 0 Å². The third-order valence-corrected chi connectivity index (χ3v) is 5.64. The number of hydrogen-bond acceptors (Lipinski definition) is 3. The van der Waals surface area contributed by atoms with Crippen molar-refractivity contribution in [2.24, 2.45) is 7.05 Å². The van der Waals surface area contributed by atoms with Crippen molar-refractivity contribution in [1.82, 2.24) is 14.4 Å². The summed E-state index contributed by atoms with van der Waals surface area (Å²) in [5.41, 5.74) is 2.70. The fraction of sp³-hybridized carbons (Fsp3) is 0.333. The Labute approximate surface area is 196 Å². The molecular formula is C27H33N3O3. The van der Waals surface area contributed by atoms with E-state index in [4.69, 9.17) is 4.42 Å². The lowest BCUT2D eigenvalue weighted by atomic mass is 9.86. The quantitative estimate of drug-likeness (QED) is 0.444. The second-order valence-electron chi connectivity index (χ2n) is 9.24. The summed E-state index contributed by atoms with van der Waals surface area (Å²) in [5.74, 6) is 0.339. The monoisotopic (exact) mass is 447 g/mol. The van der Waals surface area contributed by atoms with Crippen LogP contribution in [0.3, 0.4) is 0 Å². The maximum Gasteiger partial charge on any atom is 0.254 e. The molecule has 0 bridgehead atoms. The molecule has 174 valence electrons. The fourth-order valence-electron chi connectivity index (χ4n) is 3.61. The van der Waals surface area contributed by atoms with E-state index >= 15 is 0 Å². The van der Waals surface area contributed by atoms with Crippen LogP contribution < -0.4 is 0 Å². The lowest BCUT2D eigenvalue weighted by Gasteiger charge is -2.27. The van der Waals surface area contributed by atoms with Gasteiger partial charge in [-0.2, -0.15) is 0 Å². The van der Waals surface area contributed by atoms with E-state index in [1.165, 1.54) is 4.90 Å². The number of aryl methyl sites for hydroxylation is 1. The first-order valence-corrected chi connectivity index (χ1v) is 11.1. The van der Waals surface area contributed by atoms with E-state index in [9.17, 15) is 9.59 Å². The predicted octanol–water partition coefficient (Wildman–Crippen LogP) is 4.77. The summed E-state index contributed by atoms with van der Waals surface area (Å²) in [4.78, 5) is 29.8. The molecule has 0 aliphatic carbocycles. The van der Waals surface area contributed by atoms with Gasteiger partial charge in [-0.05, 0) is 47.4 Å². The minimum Gasteiger partial charge on any atom is -0.467 e. The normalized spacial score (nSPS) is 11.3. The first-order valence-electron chi connectivity index (χ1n) is 11.1. The highest BCUT2D eigenvalue weighted by atomic mass is 16.3. The highest BCUT2D eigenvalue weighted by molar-refractivity contribution is 5.96. The lowest BCUT2D eigenvalue weighted by Crippen LogP contribution is -2.42. The third kappa shape index (κ3) is 6.25. The number of furan rings is 1. The van der Waals surface area contributed by atoms with Crippen LogP contribution in [-0.2, 0) is 30.3 Å². The first kappa shape index (κ1) is 24.1. The van der Waals surface area contributed by atoms with Crippen LogP contribution in [0.25, 0.3) is 0 Å². The van der Waals surface area contributed by atoms with Crippen molar-refractivity contribution in [3.63, 3.8) is 0 Å². The van der Waals surface area contributed by atoms with E-state index in [1.54, 1.807) is 23.3 Å². The molecule has 0 saturated heterocycles. The van der Waals surface area contributed by atoms with E-state index < -0.39 is 0 Å². The van der Waals surface area contributed by atoms with Gasteiger partial charge in [-0.25, -0.2) is 0 Å². The Morgan fingerprint density at radius 3 is 2.30 bits per heavy atom. The molecule has 2 aromatic heterocycles. The van der Waals surface area contributed by atoms with Crippen molar-refractivity contribution in [2.45, 2.75) is 39.3 Å². The van der Waals surface area contributed by atoms with Crippen molar-refractivity contribution in [3.8, 4) is 0 Å². The molecule has 0 radical (unpaired) electrons. The highest BCUT2D eigenvalue weighted by Gasteiger charge is 2.24. The molecule has 2 amide bonds. The second kappa shape index (κ2) is 10.4. The van der Waals surface area contributed by atoms with E-state index in [0.29, 0.717) is 24.4 Å². The van der Waals surface area contributed by atoms with E-state index in [1.807, 2.05) is 60.3 Å². The van der Waals surface area contributed by atoms with Crippen LogP contribution >= 0.6 is 0 Å². The summed E-state index contributed by atoms with van der Waals surface area (Å²) in [6.07, 6.45) is 5.18. The van der Waals surface area contributed by atoms with E-state index in [0.717, 1.165) is 11.3 Å². The summed E-state index contributed by atoms with van der Waals surface area (Å²) in [7, 11) is 1.94. The minimum atomic E-state index is -0.194. The molecule has 0 fully saturated rings. The maximum atomic E-state index is 13.4. The molecule has 0 saturated carbocycles. The Hall–Kier alpha value is -3.54. The molecule has 0 unspecified atom stereocenters. The van der Waals surface area contributed by atoms with Crippen molar-refractivity contribution >= 4 is 11.8 Å². The summed E-state index contributed by atoms with van der Waals surface area (Å²) in [6, 6.07) is 15.2. The Bertz CT molecular complexity index is 1070. The number of amides is 2. The predicted molar refractivity (Wildman–Crippen MR) is 130 cm³/mol. The average Bonchev–Trinajstić information content (AvgIpc) is 3.44. The van der Waals surface area contributed by atoms with Crippen LogP contribution in [0.15, 0.2) is 78.1 Å². The lowest BCUT2D eigenvalue weighted by molar-refractivity contribution is -0.133. The summed E-state index contributed by atoms with van der Waals surface area (Å²) >= 11 is 0. The number of aromatic nitrogens is 1. The molecule has 0 spiro atoms. The largest absolute Gasteiger partial charge is 0.467 e. The molecule has 6 nitrogen and oxygen atoms in total. The van der Waals surface area contributed by atoms with Gasteiger partial charge in [0.2, 0.25) is 5.91 Å². The third-order valence-electron chi connectivity index (χ3n) is 5.64. The number of nitrogens with zero attached hydrogens (tertiary/aromatic N) is 3. The van der Waals surface area contributed by atoms with Crippen LogP contribution in [0.5, 0.6) is 0 Å². The van der Waals surface area contributed by atoms with Crippen molar-refractivity contribution in [2.75, 3.05) is 13.1 Å². The van der Waals surface area contributed by atoms with Crippen molar-refractivity contribution in [1.29, 1.82) is 0 Å². The summed E-state index contributed by atoms with van der Waals surface area (Å²) in [5, 5.41) is 0.